The largest absolute Gasteiger partial charge is 0.380 e. The molecule has 0 aliphatic heterocycles. The molecule has 80 valence electrons. The zero-order chi connectivity index (χ0) is 10.1. The van der Waals surface area contributed by atoms with Crippen molar-refractivity contribution in [1.82, 2.24) is 4.90 Å². The van der Waals surface area contributed by atoms with Gasteiger partial charge in [0.1, 0.15) is 0 Å². The van der Waals surface area contributed by atoms with Gasteiger partial charge in [0.05, 0.1) is 6.61 Å². The standard InChI is InChI=1S/C10H24N2O/c1-4-5-7-13-8-6-12(3)10(2)9-11/h10H,4-9,11H2,1-3H3. The maximum atomic E-state index is 5.54. The second kappa shape index (κ2) is 8.48. The van der Waals surface area contributed by atoms with Gasteiger partial charge in [0, 0.05) is 25.7 Å². The van der Waals surface area contributed by atoms with Gasteiger partial charge in [-0.3, -0.25) is 0 Å². The van der Waals surface area contributed by atoms with Crippen LogP contribution in [0.2, 0.25) is 0 Å². The fourth-order valence-electron chi connectivity index (χ4n) is 0.957. The molecular weight excluding hydrogens is 164 g/mol. The van der Waals surface area contributed by atoms with Crippen LogP contribution in [0, 0.1) is 0 Å². The average Bonchev–Trinajstić information content (AvgIpc) is 2.16. The zero-order valence-corrected chi connectivity index (χ0v) is 9.25. The van der Waals surface area contributed by atoms with E-state index in [0.717, 1.165) is 26.2 Å². The first-order valence-electron chi connectivity index (χ1n) is 5.20. The van der Waals surface area contributed by atoms with Crippen LogP contribution in [0.4, 0.5) is 0 Å². The smallest absolute Gasteiger partial charge is 0.0593 e. The lowest BCUT2D eigenvalue weighted by atomic mass is 10.3. The third-order valence-electron chi connectivity index (χ3n) is 2.32. The van der Waals surface area contributed by atoms with Crippen molar-refractivity contribution in [2.24, 2.45) is 5.73 Å². The monoisotopic (exact) mass is 188 g/mol. The quantitative estimate of drug-likeness (QED) is 0.579. The van der Waals surface area contributed by atoms with E-state index in [1.807, 2.05) is 0 Å². The van der Waals surface area contributed by atoms with E-state index in [1.165, 1.54) is 6.42 Å². The number of nitrogens with zero attached hydrogens (tertiary/aromatic N) is 1. The summed E-state index contributed by atoms with van der Waals surface area (Å²) in [5.41, 5.74) is 5.54. The molecule has 2 N–H and O–H groups in total. The van der Waals surface area contributed by atoms with Crippen molar-refractivity contribution in [3.63, 3.8) is 0 Å². The molecular formula is C10H24N2O. The minimum Gasteiger partial charge on any atom is -0.380 e. The molecule has 3 nitrogen and oxygen atoms in total. The van der Waals surface area contributed by atoms with E-state index in [2.05, 4.69) is 25.8 Å². The van der Waals surface area contributed by atoms with Gasteiger partial charge in [-0.05, 0) is 20.4 Å². The molecule has 0 amide bonds. The van der Waals surface area contributed by atoms with Gasteiger partial charge in [0.25, 0.3) is 0 Å². The van der Waals surface area contributed by atoms with E-state index in [-0.39, 0.29) is 0 Å². The van der Waals surface area contributed by atoms with E-state index in [4.69, 9.17) is 10.5 Å². The summed E-state index contributed by atoms with van der Waals surface area (Å²) in [5, 5.41) is 0. The molecule has 3 heteroatoms. The van der Waals surface area contributed by atoms with E-state index < -0.39 is 0 Å². The number of hydrogen-bond acceptors (Lipinski definition) is 3. The topological polar surface area (TPSA) is 38.5 Å². The number of rotatable bonds is 8. The molecule has 0 spiro atoms. The van der Waals surface area contributed by atoms with Crippen molar-refractivity contribution < 1.29 is 4.74 Å². The summed E-state index contributed by atoms with van der Waals surface area (Å²) in [6.07, 6.45) is 2.37. The number of likely N-dealkylation sites (N-methyl/N-ethyl adjacent to an activating group) is 1. The molecule has 1 atom stereocenters. The maximum absolute atomic E-state index is 5.54. The van der Waals surface area contributed by atoms with Crippen LogP contribution in [0.5, 0.6) is 0 Å². The minimum atomic E-state index is 0.453. The van der Waals surface area contributed by atoms with Gasteiger partial charge in [-0.1, -0.05) is 13.3 Å². The van der Waals surface area contributed by atoms with Gasteiger partial charge in [0.15, 0.2) is 0 Å². The Kier molecular flexibility index (Phi) is 8.40. The fraction of sp³-hybridized carbons (Fsp3) is 1.00. The number of hydrogen-bond donors (Lipinski definition) is 1. The molecule has 1 unspecified atom stereocenters. The summed E-state index contributed by atoms with van der Waals surface area (Å²) in [6.45, 7) is 7.70. The zero-order valence-electron chi connectivity index (χ0n) is 9.25. The van der Waals surface area contributed by atoms with Crippen LogP contribution in [-0.4, -0.2) is 44.3 Å². The van der Waals surface area contributed by atoms with Gasteiger partial charge in [-0.2, -0.15) is 0 Å². The summed E-state index contributed by atoms with van der Waals surface area (Å²) in [5.74, 6) is 0. The van der Waals surface area contributed by atoms with Crippen LogP contribution in [0.25, 0.3) is 0 Å². The molecule has 0 saturated carbocycles. The lowest BCUT2D eigenvalue weighted by molar-refractivity contribution is 0.0998. The van der Waals surface area contributed by atoms with Crippen LogP contribution >= 0.6 is 0 Å². The third-order valence-corrected chi connectivity index (χ3v) is 2.32. The predicted octanol–water partition coefficient (Wildman–Crippen LogP) is 1.08. The van der Waals surface area contributed by atoms with Crippen LogP contribution in [0.1, 0.15) is 26.7 Å². The normalized spacial score (nSPS) is 13.6. The van der Waals surface area contributed by atoms with Crippen LogP contribution < -0.4 is 5.73 Å². The van der Waals surface area contributed by atoms with E-state index in [0.29, 0.717) is 12.6 Å². The number of nitrogens with two attached hydrogens (primary N) is 1. The molecule has 0 aliphatic carbocycles. The SMILES string of the molecule is CCCCOCCN(C)C(C)CN. The molecule has 0 rings (SSSR count). The Balaban J connectivity index is 3.21. The Bertz CT molecular complexity index is 109. The Labute approximate surface area is 82.2 Å². The Morgan fingerprint density at radius 2 is 2.08 bits per heavy atom. The molecule has 0 radical (unpaired) electrons. The first-order valence-corrected chi connectivity index (χ1v) is 5.20. The van der Waals surface area contributed by atoms with E-state index in [1.54, 1.807) is 0 Å². The number of unbranched alkanes of at least 4 members (excludes halogenated alkanes) is 1. The Hall–Kier alpha value is -0.120. The first-order chi connectivity index (χ1) is 6.22. The van der Waals surface area contributed by atoms with Crippen molar-refractivity contribution in [3.8, 4) is 0 Å². The van der Waals surface area contributed by atoms with Gasteiger partial charge >= 0.3 is 0 Å². The van der Waals surface area contributed by atoms with Gasteiger partial charge in [-0.25, -0.2) is 0 Å². The van der Waals surface area contributed by atoms with Crippen molar-refractivity contribution in [2.75, 3.05) is 33.4 Å². The van der Waals surface area contributed by atoms with Gasteiger partial charge in [0.2, 0.25) is 0 Å². The highest BCUT2D eigenvalue weighted by Gasteiger charge is 2.05. The number of ether oxygens (including phenoxy) is 1. The summed E-state index contributed by atoms with van der Waals surface area (Å²) >= 11 is 0. The Morgan fingerprint density at radius 3 is 2.62 bits per heavy atom. The van der Waals surface area contributed by atoms with E-state index in [9.17, 15) is 0 Å². The van der Waals surface area contributed by atoms with Crippen molar-refractivity contribution >= 4 is 0 Å². The second-order valence-corrected chi connectivity index (χ2v) is 3.53. The van der Waals surface area contributed by atoms with E-state index >= 15 is 0 Å². The molecule has 0 bridgehead atoms. The highest BCUT2D eigenvalue weighted by atomic mass is 16.5. The molecule has 13 heavy (non-hydrogen) atoms. The molecule has 0 heterocycles. The van der Waals surface area contributed by atoms with Crippen molar-refractivity contribution in [1.29, 1.82) is 0 Å². The predicted molar refractivity (Wildman–Crippen MR) is 56.9 cm³/mol. The molecule has 0 aromatic carbocycles. The third kappa shape index (κ3) is 6.99. The maximum Gasteiger partial charge on any atom is 0.0593 e. The lowest BCUT2D eigenvalue weighted by Crippen LogP contribution is -2.37. The molecule has 0 aromatic heterocycles. The van der Waals surface area contributed by atoms with Crippen LogP contribution in [-0.2, 0) is 4.74 Å². The van der Waals surface area contributed by atoms with Crippen molar-refractivity contribution in [3.05, 3.63) is 0 Å². The lowest BCUT2D eigenvalue weighted by Gasteiger charge is -2.22. The summed E-state index contributed by atoms with van der Waals surface area (Å²) < 4.78 is 5.46. The highest BCUT2D eigenvalue weighted by Crippen LogP contribution is 1.93. The molecule has 0 aromatic rings. The molecule has 0 fully saturated rings. The molecule has 0 saturated heterocycles. The highest BCUT2D eigenvalue weighted by molar-refractivity contribution is 4.62. The van der Waals surface area contributed by atoms with Crippen LogP contribution in [0.3, 0.4) is 0 Å². The summed E-state index contributed by atoms with van der Waals surface area (Å²) in [7, 11) is 2.08. The Morgan fingerprint density at radius 1 is 1.38 bits per heavy atom. The molecule has 0 aliphatic rings. The van der Waals surface area contributed by atoms with Crippen LogP contribution in [0.15, 0.2) is 0 Å². The second-order valence-electron chi connectivity index (χ2n) is 3.53. The minimum absolute atomic E-state index is 0.453. The summed E-state index contributed by atoms with van der Waals surface area (Å²) in [4.78, 5) is 2.23. The van der Waals surface area contributed by atoms with Gasteiger partial charge in [-0.15, -0.1) is 0 Å². The average molecular weight is 188 g/mol. The summed E-state index contributed by atoms with van der Waals surface area (Å²) in [6, 6.07) is 0.453. The van der Waals surface area contributed by atoms with Gasteiger partial charge < -0.3 is 15.4 Å². The fourth-order valence-corrected chi connectivity index (χ4v) is 0.957. The van der Waals surface area contributed by atoms with Crippen molar-refractivity contribution in [2.45, 2.75) is 32.7 Å². The first kappa shape index (κ1) is 12.9.